The first-order valence-corrected chi connectivity index (χ1v) is 8.16. The maximum absolute atomic E-state index is 12.5. The molecule has 1 amide bonds. The molecule has 1 atom stereocenters. The molecular formula is C16H27NO2. The number of rotatable bonds is 1. The van der Waals surface area contributed by atoms with E-state index < -0.39 is 0 Å². The molecule has 0 bridgehead atoms. The third-order valence-electron chi connectivity index (χ3n) is 5.55. The zero-order valence-electron chi connectivity index (χ0n) is 12.0. The summed E-state index contributed by atoms with van der Waals surface area (Å²) in [5.74, 6) is 0.519. The van der Waals surface area contributed by atoms with E-state index in [1.165, 1.54) is 51.4 Å². The molecule has 3 fully saturated rings. The van der Waals surface area contributed by atoms with Crippen molar-refractivity contribution in [3.8, 4) is 0 Å². The molecule has 0 radical (unpaired) electrons. The van der Waals surface area contributed by atoms with Crippen LogP contribution in [0, 0.1) is 11.3 Å². The summed E-state index contributed by atoms with van der Waals surface area (Å²) >= 11 is 0. The van der Waals surface area contributed by atoms with Crippen molar-refractivity contribution >= 4 is 5.91 Å². The third-order valence-corrected chi connectivity index (χ3v) is 5.55. The Kier molecular flexibility index (Phi) is 4.11. The van der Waals surface area contributed by atoms with Crippen LogP contribution in [0.3, 0.4) is 0 Å². The Morgan fingerprint density at radius 3 is 2.53 bits per heavy atom. The number of carbonyl (C=O) groups is 1. The van der Waals surface area contributed by atoms with Gasteiger partial charge >= 0.3 is 0 Å². The summed E-state index contributed by atoms with van der Waals surface area (Å²) in [7, 11) is 0. The molecule has 0 aromatic heterocycles. The van der Waals surface area contributed by atoms with Crippen molar-refractivity contribution in [2.24, 2.45) is 11.3 Å². The van der Waals surface area contributed by atoms with E-state index in [9.17, 15) is 4.79 Å². The van der Waals surface area contributed by atoms with Crippen LogP contribution in [0.4, 0.5) is 0 Å². The smallest absolute Gasteiger partial charge is 0.228 e. The highest BCUT2D eigenvalue weighted by atomic mass is 16.5. The lowest BCUT2D eigenvalue weighted by Crippen LogP contribution is -2.37. The SMILES string of the molecule is O=C([C@@H]1CCOC1)N1CCCC2(CCCCC2)CC1. The molecule has 3 heteroatoms. The highest BCUT2D eigenvalue weighted by Gasteiger charge is 2.36. The van der Waals surface area contributed by atoms with Gasteiger partial charge in [0.1, 0.15) is 0 Å². The molecule has 1 aliphatic carbocycles. The normalized spacial score (nSPS) is 31.4. The molecular weight excluding hydrogens is 238 g/mol. The molecule has 1 spiro atoms. The highest BCUT2D eigenvalue weighted by Crippen LogP contribution is 2.44. The fraction of sp³-hybridized carbons (Fsp3) is 0.938. The number of amides is 1. The Morgan fingerprint density at radius 2 is 1.79 bits per heavy atom. The van der Waals surface area contributed by atoms with E-state index in [0.717, 1.165) is 26.1 Å². The molecule has 3 aliphatic rings. The van der Waals surface area contributed by atoms with Crippen molar-refractivity contribution in [1.29, 1.82) is 0 Å². The summed E-state index contributed by atoms with van der Waals surface area (Å²) in [5, 5.41) is 0. The fourth-order valence-electron chi connectivity index (χ4n) is 4.26. The van der Waals surface area contributed by atoms with Gasteiger partial charge < -0.3 is 9.64 Å². The van der Waals surface area contributed by atoms with Gasteiger partial charge in [-0.25, -0.2) is 0 Å². The molecule has 2 saturated heterocycles. The van der Waals surface area contributed by atoms with E-state index in [1.54, 1.807) is 0 Å². The first-order valence-electron chi connectivity index (χ1n) is 8.16. The lowest BCUT2D eigenvalue weighted by atomic mass is 9.69. The molecule has 108 valence electrons. The van der Waals surface area contributed by atoms with Crippen LogP contribution in [0.5, 0.6) is 0 Å². The second-order valence-corrected chi connectivity index (χ2v) is 6.80. The molecule has 3 nitrogen and oxygen atoms in total. The third kappa shape index (κ3) is 2.96. The average molecular weight is 265 g/mol. The van der Waals surface area contributed by atoms with Gasteiger partial charge in [-0.05, 0) is 43.9 Å². The first kappa shape index (κ1) is 13.4. The molecule has 19 heavy (non-hydrogen) atoms. The summed E-state index contributed by atoms with van der Waals surface area (Å²) < 4.78 is 5.36. The van der Waals surface area contributed by atoms with E-state index in [4.69, 9.17) is 4.74 Å². The summed E-state index contributed by atoms with van der Waals surface area (Å²) in [6.07, 6.45) is 11.8. The highest BCUT2D eigenvalue weighted by molar-refractivity contribution is 5.79. The first-order chi connectivity index (χ1) is 9.29. The zero-order chi connectivity index (χ0) is 13.1. The molecule has 0 aromatic rings. The summed E-state index contributed by atoms with van der Waals surface area (Å²) in [6, 6.07) is 0. The van der Waals surface area contributed by atoms with Gasteiger partial charge in [-0.3, -0.25) is 4.79 Å². The standard InChI is InChI=1S/C16H27NO2/c18-15(14-5-12-19-13-14)17-10-4-8-16(9-11-17)6-2-1-3-7-16/h14H,1-13H2/t14-/m1/s1. The van der Waals surface area contributed by atoms with E-state index >= 15 is 0 Å². The van der Waals surface area contributed by atoms with Gasteiger partial charge in [0.2, 0.25) is 5.91 Å². The predicted octanol–water partition coefficient (Wildman–Crippen LogP) is 2.99. The molecule has 2 aliphatic heterocycles. The van der Waals surface area contributed by atoms with Crippen LogP contribution >= 0.6 is 0 Å². The van der Waals surface area contributed by atoms with Crippen molar-refractivity contribution in [3.05, 3.63) is 0 Å². The molecule has 0 aromatic carbocycles. The van der Waals surface area contributed by atoms with Crippen LogP contribution in [-0.4, -0.2) is 37.1 Å². The minimum Gasteiger partial charge on any atom is -0.381 e. The van der Waals surface area contributed by atoms with Gasteiger partial charge in [0.25, 0.3) is 0 Å². The number of ether oxygens (including phenoxy) is 1. The topological polar surface area (TPSA) is 29.5 Å². The maximum Gasteiger partial charge on any atom is 0.228 e. The number of hydrogen-bond acceptors (Lipinski definition) is 2. The maximum atomic E-state index is 12.5. The van der Waals surface area contributed by atoms with Crippen LogP contribution in [0.1, 0.15) is 57.8 Å². The number of likely N-dealkylation sites (tertiary alicyclic amines) is 1. The molecule has 0 unspecified atom stereocenters. The largest absolute Gasteiger partial charge is 0.381 e. The minimum atomic E-state index is 0.153. The second kappa shape index (κ2) is 5.82. The van der Waals surface area contributed by atoms with Gasteiger partial charge in [0, 0.05) is 19.7 Å². The van der Waals surface area contributed by atoms with Crippen molar-refractivity contribution in [2.75, 3.05) is 26.3 Å². The van der Waals surface area contributed by atoms with Gasteiger partial charge in [-0.2, -0.15) is 0 Å². The Balaban J connectivity index is 1.58. The van der Waals surface area contributed by atoms with Crippen LogP contribution in [0.2, 0.25) is 0 Å². The predicted molar refractivity (Wildman–Crippen MR) is 74.9 cm³/mol. The van der Waals surface area contributed by atoms with Crippen LogP contribution in [0.15, 0.2) is 0 Å². The van der Waals surface area contributed by atoms with Crippen molar-refractivity contribution < 1.29 is 9.53 Å². The summed E-state index contributed by atoms with van der Waals surface area (Å²) in [6.45, 7) is 3.40. The Hall–Kier alpha value is -0.570. The van der Waals surface area contributed by atoms with Crippen LogP contribution in [-0.2, 0) is 9.53 Å². The Labute approximate surface area is 116 Å². The number of nitrogens with zero attached hydrogens (tertiary/aromatic N) is 1. The monoisotopic (exact) mass is 265 g/mol. The van der Waals surface area contributed by atoms with Crippen molar-refractivity contribution in [3.63, 3.8) is 0 Å². The number of carbonyl (C=O) groups excluding carboxylic acids is 1. The van der Waals surface area contributed by atoms with E-state index in [2.05, 4.69) is 4.90 Å². The average Bonchev–Trinajstić information content (AvgIpc) is 2.90. The van der Waals surface area contributed by atoms with Crippen molar-refractivity contribution in [2.45, 2.75) is 57.8 Å². The minimum absolute atomic E-state index is 0.153. The zero-order valence-corrected chi connectivity index (χ0v) is 12.0. The Morgan fingerprint density at radius 1 is 1.00 bits per heavy atom. The molecule has 0 N–H and O–H groups in total. The van der Waals surface area contributed by atoms with Gasteiger partial charge in [-0.15, -0.1) is 0 Å². The van der Waals surface area contributed by atoms with Crippen LogP contribution < -0.4 is 0 Å². The Bertz CT molecular complexity index is 317. The fourth-order valence-corrected chi connectivity index (χ4v) is 4.26. The molecule has 1 saturated carbocycles. The van der Waals surface area contributed by atoms with Gasteiger partial charge in [0.15, 0.2) is 0 Å². The molecule has 2 heterocycles. The van der Waals surface area contributed by atoms with E-state index in [0.29, 0.717) is 17.9 Å². The quantitative estimate of drug-likeness (QED) is 0.729. The van der Waals surface area contributed by atoms with E-state index in [1.807, 2.05) is 0 Å². The van der Waals surface area contributed by atoms with Gasteiger partial charge in [0.05, 0.1) is 12.5 Å². The summed E-state index contributed by atoms with van der Waals surface area (Å²) in [4.78, 5) is 14.6. The second-order valence-electron chi connectivity index (χ2n) is 6.80. The van der Waals surface area contributed by atoms with Crippen molar-refractivity contribution in [1.82, 2.24) is 4.90 Å². The van der Waals surface area contributed by atoms with Gasteiger partial charge in [-0.1, -0.05) is 19.3 Å². The lowest BCUT2D eigenvalue weighted by Gasteiger charge is -2.36. The molecule has 3 rings (SSSR count). The summed E-state index contributed by atoms with van der Waals surface area (Å²) in [5.41, 5.74) is 0.583. The lowest BCUT2D eigenvalue weighted by molar-refractivity contribution is -0.135. The number of hydrogen-bond donors (Lipinski definition) is 0. The van der Waals surface area contributed by atoms with E-state index in [-0.39, 0.29) is 5.92 Å². The van der Waals surface area contributed by atoms with Crippen LogP contribution in [0.25, 0.3) is 0 Å².